The molecular formula is C28H30IN2NaO5S. The maximum atomic E-state index is 13.4. The van der Waals surface area contributed by atoms with Crippen molar-refractivity contribution in [2.75, 3.05) is 17.6 Å². The van der Waals surface area contributed by atoms with Gasteiger partial charge in [-0.15, -0.1) is 0 Å². The van der Waals surface area contributed by atoms with Crippen molar-refractivity contribution in [3.05, 3.63) is 98.6 Å². The van der Waals surface area contributed by atoms with E-state index in [0.29, 0.717) is 12.0 Å². The molecule has 38 heavy (non-hydrogen) atoms. The van der Waals surface area contributed by atoms with Gasteiger partial charge in [0.05, 0.1) is 21.8 Å². The third kappa shape index (κ3) is 10.1. The maximum absolute atomic E-state index is 13.4. The Hall–Kier alpha value is -1.76. The van der Waals surface area contributed by atoms with Crippen LogP contribution in [-0.4, -0.2) is 37.1 Å². The zero-order chi connectivity index (χ0) is 27.2. The van der Waals surface area contributed by atoms with Crippen molar-refractivity contribution in [3.63, 3.8) is 0 Å². The minimum Gasteiger partial charge on any atom is -0.748 e. The second kappa shape index (κ2) is 14.0. The maximum Gasteiger partial charge on any atom is 1.00 e. The number of carbonyl (C=O) groups is 2. The first-order valence-corrected chi connectivity index (χ1v) is 14.4. The zero-order valence-electron chi connectivity index (χ0n) is 22.0. The van der Waals surface area contributed by atoms with Crippen molar-refractivity contribution in [1.82, 2.24) is 5.32 Å². The Bertz CT molecular complexity index is 1360. The number of anilines is 1. The summed E-state index contributed by atoms with van der Waals surface area (Å²) < 4.78 is 33.2. The summed E-state index contributed by atoms with van der Waals surface area (Å²) >= 11 is 2.20. The fourth-order valence-electron chi connectivity index (χ4n) is 3.79. The zero-order valence-corrected chi connectivity index (χ0v) is 26.9. The van der Waals surface area contributed by atoms with E-state index in [4.69, 9.17) is 0 Å². The molecule has 3 rings (SSSR count). The van der Waals surface area contributed by atoms with Crippen LogP contribution in [0.25, 0.3) is 0 Å². The van der Waals surface area contributed by atoms with Gasteiger partial charge in [-0.25, -0.2) is 8.42 Å². The third-order valence-corrected chi connectivity index (χ3v) is 7.26. The molecule has 3 aromatic carbocycles. The first kappa shape index (κ1) is 32.5. The molecule has 0 aliphatic rings. The molecule has 0 spiro atoms. The van der Waals surface area contributed by atoms with Crippen LogP contribution in [0.3, 0.4) is 0 Å². The van der Waals surface area contributed by atoms with Crippen LogP contribution in [0, 0.1) is 3.57 Å². The SMILES string of the molecule is CC(C)(C)c1ccc(C(Cc2ccc(C(=O)NCCS(=O)(=O)[O-])cc2)C(=O)Nc2cccc(I)c2)cc1.[Na+]. The van der Waals surface area contributed by atoms with Gasteiger partial charge in [-0.05, 0) is 81.4 Å². The van der Waals surface area contributed by atoms with Crippen molar-refractivity contribution in [1.29, 1.82) is 0 Å². The molecule has 0 radical (unpaired) electrons. The summed E-state index contributed by atoms with van der Waals surface area (Å²) in [4.78, 5) is 25.7. The fraction of sp³-hybridized carbons (Fsp3) is 0.286. The van der Waals surface area contributed by atoms with E-state index in [1.165, 1.54) is 5.56 Å². The summed E-state index contributed by atoms with van der Waals surface area (Å²) in [5.74, 6) is -1.73. The Morgan fingerprint density at radius 3 is 2.16 bits per heavy atom. The van der Waals surface area contributed by atoms with Gasteiger partial charge in [-0.1, -0.05) is 63.2 Å². The predicted octanol–water partition coefficient (Wildman–Crippen LogP) is 1.83. The van der Waals surface area contributed by atoms with Crippen LogP contribution in [0.1, 0.15) is 53.7 Å². The number of rotatable bonds is 9. The molecule has 3 aromatic rings. The van der Waals surface area contributed by atoms with Crippen LogP contribution >= 0.6 is 22.6 Å². The monoisotopic (exact) mass is 656 g/mol. The van der Waals surface area contributed by atoms with E-state index in [9.17, 15) is 22.6 Å². The van der Waals surface area contributed by atoms with E-state index in [0.717, 1.165) is 20.4 Å². The van der Waals surface area contributed by atoms with Crippen LogP contribution in [-0.2, 0) is 26.7 Å². The van der Waals surface area contributed by atoms with Crippen molar-refractivity contribution in [3.8, 4) is 0 Å². The minimum absolute atomic E-state index is 0. The second-order valence-corrected chi connectivity index (χ2v) is 12.6. The summed E-state index contributed by atoms with van der Waals surface area (Å²) in [6.07, 6.45) is 0.418. The summed E-state index contributed by atoms with van der Waals surface area (Å²) in [5, 5.41) is 5.46. The number of halogens is 1. The van der Waals surface area contributed by atoms with E-state index in [-0.39, 0.29) is 47.4 Å². The number of carbonyl (C=O) groups excluding carboxylic acids is 2. The van der Waals surface area contributed by atoms with E-state index in [2.05, 4.69) is 66.1 Å². The summed E-state index contributed by atoms with van der Waals surface area (Å²) in [7, 11) is -4.40. The van der Waals surface area contributed by atoms with Gasteiger partial charge in [0.15, 0.2) is 0 Å². The molecule has 0 aliphatic carbocycles. The van der Waals surface area contributed by atoms with Crippen molar-refractivity contribution >= 4 is 50.2 Å². The molecule has 0 heterocycles. The smallest absolute Gasteiger partial charge is 0.748 e. The van der Waals surface area contributed by atoms with Crippen LogP contribution < -0.4 is 40.2 Å². The normalized spacial score (nSPS) is 12.2. The molecule has 7 nitrogen and oxygen atoms in total. The molecule has 1 unspecified atom stereocenters. The van der Waals surface area contributed by atoms with Gasteiger partial charge in [0, 0.05) is 21.4 Å². The second-order valence-electron chi connectivity index (χ2n) is 9.84. The summed E-state index contributed by atoms with van der Waals surface area (Å²) in [6, 6.07) is 22.5. The Morgan fingerprint density at radius 2 is 1.61 bits per heavy atom. The number of benzene rings is 3. The molecule has 0 bridgehead atoms. The number of amides is 2. The summed E-state index contributed by atoms with van der Waals surface area (Å²) in [5.41, 5.74) is 3.97. The largest absolute Gasteiger partial charge is 1.00 e. The number of nitrogens with one attached hydrogen (secondary N) is 2. The minimum atomic E-state index is -4.40. The average molecular weight is 657 g/mol. The van der Waals surface area contributed by atoms with Crippen molar-refractivity contribution in [2.45, 2.75) is 38.5 Å². The first-order chi connectivity index (χ1) is 17.3. The molecule has 2 amide bonds. The molecule has 0 aromatic heterocycles. The number of hydrogen-bond donors (Lipinski definition) is 2. The molecule has 0 fully saturated rings. The van der Waals surface area contributed by atoms with E-state index >= 15 is 0 Å². The standard InChI is InChI=1S/C28H31IN2O5S.Na/c1-28(2,3)22-13-11-20(12-14-22)25(27(33)31-24-6-4-5-23(29)18-24)17-19-7-9-21(10-8-19)26(32)30-15-16-37(34,35)36;/h4-14,18,25H,15-17H2,1-3H3,(H,30,32)(H,31,33)(H,34,35,36);/q;+1/p-1. The van der Waals surface area contributed by atoms with E-state index in [1.54, 1.807) is 24.3 Å². The van der Waals surface area contributed by atoms with Crippen LogP contribution in [0.5, 0.6) is 0 Å². The van der Waals surface area contributed by atoms with Gasteiger partial charge in [-0.2, -0.15) is 0 Å². The molecule has 196 valence electrons. The Labute approximate surface area is 260 Å². The van der Waals surface area contributed by atoms with Crippen LogP contribution in [0.2, 0.25) is 0 Å². The fourth-order valence-corrected chi connectivity index (χ4v) is 4.69. The topological polar surface area (TPSA) is 115 Å². The molecule has 2 N–H and O–H groups in total. The van der Waals surface area contributed by atoms with Gasteiger partial charge >= 0.3 is 29.6 Å². The van der Waals surface area contributed by atoms with E-state index < -0.39 is 27.7 Å². The van der Waals surface area contributed by atoms with Gasteiger partial charge in [0.1, 0.15) is 0 Å². The molecule has 10 heteroatoms. The van der Waals surface area contributed by atoms with Gasteiger partial charge in [-0.3, -0.25) is 9.59 Å². The molecule has 0 saturated heterocycles. The quantitative estimate of drug-likeness (QED) is 0.207. The number of hydrogen-bond acceptors (Lipinski definition) is 5. The Balaban J connectivity index is 0.00000507. The van der Waals surface area contributed by atoms with Gasteiger partial charge in [0.2, 0.25) is 5.91 Å². The van der Waals surface area contributed by atoms with Gasteiger partial charge < -0.3 is 15.2 Å². The predicted molar refractivity (Wildman–Crippen MR) is 153 cm³/mol. The van der Waals surface area contributed by atoms with Crippen molar-refractivity contribution in [2.24, 2.45) is 0 Å². The van der Waals surface area contributed by atoms with Gasteiger partial charge in [0.25, 0.3) is 5.91 Å². The third-order valence-electron chi connectivity index (χ3n) is 5.88. The van der Waals surface area contributed by atoms with E-state index in [1.807, 2.05) is 36.4 Å². The molecule has 0 aliphatic heterocycles. The first-order valence-electron chi connectivity index (χ1n) is 11.8. The summed E-state index contributed by atoms with van der Waals surface area (Å²) in [6.45, 7) is 6.17. The van der Waals surface area contributed by atoms with Crippen molar-refractivity contribution < 1.29 is 52.1 Å². The molecule has 1 atom stereocenters. The molecule has 0 saturated carbocycles. The Morgan fingerprint density at radius 1 is 0.974 bits per heavy atom. The Kier molecular flexibility index (Phi) is 12.0. The van der Waals surface area contributed by atoms with Crippen LogP contribution in [0.4, 0.5) is 5.69 Å². The average Bonchev–Trinajstić information content (AvgIpc) is 2.81. The van der Waals surface area contributed by atoms with Crippen LogP contribution in [0.15, 0.2) is 72.8 Å². The molecular weight excluding hydrogens is 626 g/mol.